The van der Waals surface area contributed by atoms with Crippen molar-refractivity contribution in [2.24, 2.45) is 4.99 Å². The van der Waals surface area contributed by atoms with E-state index in [2.05, 4.69) is 27.2 Å². The van der Waals surface area contributed by atoms with Crippen LogP contribution in [0.25, 0.3) is 0 Å². The summed E-state index contributed by atoms with van der Waals surface area (Å²) in [5, 5.41) is 9.59. The Morgan fingerprint density at radius 1 is 1.18 bits per heavy atom. The maximum Gasteiger partial charge on any atom is 0.258 e. The van der Waals surface area contributed by atoms with Crippen LogP contribution in [0.4, 0.5) is 0 Å². The van der Waals surface area contributed by atoms with Crippen LogP contribution in [0.3, 0.4) is 0 Å². The molecule has 0 spiro atoms. The van der Waals surface area contributed by atoms with Crippen molar-refractivity contribution in [2.75, 3.05) is 38.8 Å². The van der Waals surface area contributed by atoms with Gasteiger partial charge in [0.25, 0.3) is 5.91 Å². The van der Waals surface area contributed by atoms with Crippen molar-refractivity contribution in [1.29, 1.82) is 0 Å². The largest absolute Gasteiger partial charge is 0.484 e. The molecule has 1 saturated carbocycles. The lowest BCUT2D eigenvalue weighted by atomic mass is 10.1. The fourth-order valence-corrected chi connectivity index (χ4v) is 3.02. The summed E-state index contributed by atoms with van der Waals surface area (Å²) in [5.74, 6) is 2.73. The number of hydrogen-bond acceptors (Lipinski definition) is 4. The Morgan fingerprint density at radius 3 is 2.54 bits per heavy atom. The first kappa shape index (κ1) is 24.9. The molecule has 6 nitrogen and oxygen atoms in total. The first-order chi connectivity index (χ1) is 13.2. The molecule has 0 aliphatic heterocycles. The summed E-state index contributed by atoms with van der Waals surface area (Å²) in [4.78, 5) is 15.9. The average Bonchev–Trinajstić information content (AvgIpc) is 3.49. The van der Waals surface area contributed by atoms with Gasteiger partial charge in [-0.25, -0.2) is 0 Å². The Labute approximate surface area is 190 Å². The highest BCUT2D eigenvalue weighted by Gasteiger charge is 2.23. The van der Waals surface area contributed by atoms with Crippen molar-refractivity contribution >= 4 is 47.6 Å². The van der Waals surface area contributed by atoms with Crippen LogP contribution in [0.5, 0.6) is 5.75 Å². The smallest absolute Gasteiger partial charge is 0.258 e. The molecule has 0 heterocycles. The molecule has 1 amide bonds. The second-order valence-electron chi connectivity index (χ2n) is 6.65. The van der Waals surface area contributed by atoms with Crippen LogP contribution in [0.15, 0.2) is 29.3 Å². The van der Waals surface area contributed by atoms with Crippen molar-refractivity contribution in [2.45, 2.75) is 38.1 Å². The van der Waals surface area contributed by atoms with Gasteiger partial charge in [0.2, 0.25) is 0 Å². The van der Waals surface area contributed by atoms with Gasteiger partial charge in [0, 0.05) is 26.2 Å². The predicted molar refractivity (Wildman–Crippen MR) is 129 cm³/mol. The normalized spacial score (nSPS) is 13.4. The fraction of sp³-hybridized carbons (Fsp3) is 0.600. The Bertz CT molecular complexity index is 594. The molecule has 1 aliphatic carbocycles. The highest BCUT2D eigenvalue weighted by Crippen LogP contribution is 2.18. The van der Waals surface area contributed by atoms with Crippen LogP contribution >= 0.6 is 35.7 Å². The van der Waals surface area contributed by atoms with Crippen molar-refractivity contribution in [3.05, 3.63) is 29.8 Å². The summed E-state index contributed by atoms with van der Waals surface area (Å²) in [6.07, 6.45) is 7.59. The quantitative estimate of drug-likeness (QED) is 0.171. The number of nitrogens with zero attached hydrogens (tertiary/aromatic N) is 1. The van der Waals surface area contributed by atoms with Crippen LogP contribution < -0.4 is 20.7 Å². The van der Waals surface area contributed by atoms with Crippen LogP contribution in [0.1, 0.15) is 31.2 Å². The minimum absolute atomic E-state index is 0. The SMILES string of the molecule is CN=C(NCCCCSC)NCCc1ccc(OCC(=O)NC2CC2)cc1.I. The van der Waals surface area contributed by atoms with Gasteiger partial charge in [-0.15, -0.1) is 24.0 Å². The maximum atomic E-state index is 11.6. The van der Waals surface area contributed by atoms with E-state index in [0.29, 0.717) is 6.04 Å². The third-order valence-corrected chi connectivity index (χ3v) is 4.93. The molecule has 2 rings (SSSR count). The van der Waals surface area contributed by atoms with Crippen molar-refractivity contribution in [3.63, 3.8) is 0 Å². The Hall–Kier alpha value is -1.16. The fourth-order valence-electron chi connectivity index (χ4n) is 2.52. The highest BCUT2D eigenvalue weighted by molar-refractivity contribution is 14.0. The number of carbonyl (C=O) groups excluding carboxylic acids is 1. The van der Waals surface area contributed by atoms with E-state index in [1.807, 2.05) is 36.0 Å². The molecule has 1 aliphatic rings. The van der Waals surface area contributed by atoms with E-state index >= 15 is 0 Å². The van der Waals surface area contributed by atoms with Gasteiger partial charge in [-0.1, -0.05) is 12.1 Å². The zero-order valence-electron chi connectivity index (χ0n) is 16.8. The molecule has 0 radical (unpaired) electrons. The number of thioether (sulfide) groups is 1. The van der Waals surface area contributed by atoms with Gasteiger partial charge in [-0.2, -0.15) is 11.8 Å². The lowest BCUT2D eigenvalue weighted by Gasteiger charge is -2.12. The van der Waals surface area contributed by atoms with E-state index in [0.717, 1.165) is 50.5 Å². The number of ether oxygens (including phenoxy) is 1. The van der Waals surface area contributed by atoms with E-state index < -0.39 is 0 Å². The van der Waals surface area contributed by atoms with Crippen LogP contribution in [0.2, 0.25) is 0 Å². The third kappa shape index (κ3) is 11.0. The van der Waals surface area contributed by atoms with Gasteiger partial charge in [-0.3, -0.25) is 9.79 Å². The van der Waals surface area contributed by atoms with Crippen molar-refractivity contribution in [1.82, 2.24) is 16.0 Å². The molecule has 158 valence electrons. The molecular formula is C20H33IN4O2S. The van der Waals surface area contributed by atoms with Crippen molar-refractivity contribution in [3.8, 4) is 5.75 Å². The number of halogens is 1. The summed E-state index contributed by atoms with van der Waals surface area (Å²) in [6, 6.07) is 8.28. The Balaban J connectivity index is 0.00000392. The van der Waals surface area contributed by atoms with E-state index in [-0.39, 0.29) is 36.5 Å². The predicted octanol–water partition coefficient (Wildman–Crippen LogP) is 2.81. The standard InChI is InChI=1S/C20H32N4O2S.HI/c1-21-20(22-12-3-4-14-27-2)23-13-11-16-5-9-18(10-6-16)26-15-19(25)24-17-7-8-17;/h5-6,9-10,17H,3-4,7-8,11-15H2,1-2H3,(H,24,25)(H2,21,22,23);1H. The number of amides is 1. The van der Waals surface area contributed by atoms with Gasteiger partial charge >= 0.3 is 0 Å². The van der Waals surface area contributed by atoms with Gasteiger partial charge < -0.3 is 20.7 Å². The molecular weight excluding hydrogens is 487 g/mol. The average molecular weight is 520 g/mol. The molecule has 0 atom stereocenters. The number of guanidine groups is 1. The second-order valence-corrected chi connectivity index (χ2v) is 7.64. The molecule has 0 saturated heterocycles. The minimum atomic E-state index is -0.0434. The summed E-state index contributed by atoms with van der Waals surface area (Å²) in [6.45, 7) is 1.84. The van der Waals surface area contributed by atoms with Crippen molar-refractivity contribution < 1.29 is 9.53 Å². The Kier molecular flexibility index (Phi) is 13.1. The number of carbonyl (C=O) groups is 1. The third-order valence-electron chi connectivity index (χ3n) is 4.23. The van der Waals surface area contributed by atoms with E-state index in [1.165, 1.54) is 17.7 Å². The zero-order chi connectivity index (χ0) is 19.3. The topological polar surface area (TPSA) is 74.8 Å². The van der Waals surface area contributed by atoms with Crippen LogP contribution in [-0.2, 0) is 11.2 Å². The van der Waals surface area contributed by atoms with E-state index in [9.17, 15) is 4.79 Å². The van der Waals surface area contributed by atoms with Crippen LogP contribution in [0, 0.1) is 0 Å². The van der Waals surface area contributed by atoms with Gasteiger partial charge in [0.05, 0.1) is 0 Å². The lowest BCUT2D eigenvalue weighted by Crippen LogP contribution is -2.38. The molecule has 0 bridgehead atoms. The summed E-state index contributed by atoms with van der Waals surface area (Å²) in [5.41, 5.74) is 1.22. The summed E-state index contributed by atoms with van der Waals surface area (Å²) >= 11 is 1.89. The number of rotatable bonds is 12. The second kappa shape index (κ2) is 14.8. The molecule has 3 N–H and O–H groups in total. The zero-order valence-corrected chi connectivity index (χ0v) is 20.0. The summed E-state index contributed by atoms with van der Waals surface area (Å²) in [7, 11) is 1.79. The van der Waals surface area contributed by atoms with Gasteiger partial charge in [0.15, 0.2) is 12.6 Å². The molecule has 1 aromatic carbocycles. The lowest BCUT2D eigenvalue weighted by molar-refractivity contribution is -0.123. The number of nitrogens with one attached hydrogen (secondary N) is 3. The van der Waals surface area contributed by atoms with Gasteiger partial charge in [0.1, 0.15) is 5.75 Å². The Morgan fingerprint density at radius 2 is 1.89 bits per heavy atom. The number of hydrogen-bond donors (Lipinski definition) is 3. The molecule has 1 aromatic rings. The van der Waals surface area contributed by atoms with E-state index in [1.54, 1.807) is 7.05 Å². The number of aliphatic imine (C=N–C) groups is 1. The van der Waals surface area contributed by atoms with Gasteiger partial charge in [-0.05, 0) is 61.8 Å². The molecule has 8 heteroatoms. The molecule has 0 aromatic heterocycles. The minimum Gasteiger partial charge on any atom is -0.484 e. The molecule has 1 fully saturated rings. The first-order valence-electron chi connectivity index (χ1n) is 9.66. The maximum absolute atomic E-state index is 11.6. The molecule has 28 heavy (non-hydrogen) atoms. The molecule has 0 unspecified atom stereocenters. The summed E-state index contributed by atoms with van der Waals surface area (Å²) < 4.78 is 5.53. The highest BCUT2D eigenvalue weighted by atomic mass is 127. The monoisotopic (exact) mass is 520 g/mol. The number of unbranched alkanes of at least 4 members (excludes halogenated alkanes) is 1. The van der Waals surface area contributed by atoms with Crippen LogP contribution in [-0.4, -0.2) is 56.7 Å². The number of benzene rings is 1. The first-order valence-corrected chi connectivity index (χ1v) is 11.0. The van der Waals surface area contributed by atoms with E-state index in [4.69, 9.17) is 4.74 Å².